The Labute approximate surface area is 213 Å². The molecule has 5 rings (SSSR count). The first kappa shape index (κ1) is 24.6. The molecule has 1 saturated heterocycles. The van der Waals surface area contributed by atoms with Crippen molar-refractivity contribution in [2.24, 2.45) is 5.92 Å². The maximum absolute atomic E-state index is 13.6. The largest absolute Gasteiger partial charge is 0.573 e. The number of benzene rings is 2. The van der Waals surface area contributed by atoms with Crippen molar-refractivity contribution in [3.8, 4) is 5.75 Å². The smallest absolute Gasteiger partial charge is 0.406 e. The van der Waals surface area contributed by atoms with E-state index in [1.165, 1.54) is 47.6 Å². The molecule has 3 aromatic rings. The van der Waals surface area contributed by atoms with Gasteiger partial charge in [0, 0.05) is 16.8 Å². The standard InChI is InChI=1S/C25H18ClF3N4O4/c1-14-12-24(14)22(35)32(17-6-8-18(9-7-17)37-25(27,28)29)23(36)33(24)20-10-11-30-13-19(20)31-21(34)15-2-4-16(26)5-3-15/h2-11,13-14H,12H2,1H3,(H,31,34). The van der Waals surface area contributed by atoms with Crippen LogP contribution in [0.15, 0.2) is 67.0 Å². The number of alkyl halides is 3. The summed E-state index contributed by atoms with van der Waals surface area (Å²) in [5.41, 5.74) is -0.316. The Balaban J connectivity index is 1.48. The summed E-state index contributed by atoms with van der Waals surface area (Å²) in [4.78, 5) is 46.3. The lowest BCUT2D eigenvalue weighted by Crippen LogP contribution is -2.39. The van der Waals surface area contributed by atoms with E-state index in [0.29, 0.717) is 17.0 Å². The van der Waals surface area contributed by atoms with E-state index < -0.39 is 35.5 Å². The summed E-state index contributed by atoms with van der Waals surface area (Å²) in [6.45, 7) is 1.81. The summed E-state index contributed by atoms with van der Waals surface area (Å²) in [6.07, 6.45) is -1.71. The highest BCUT2D eigenvalue weighted by molar-refractivity contribution is 6.32. The van der Waals surface area contributed by atoms with Crippen LogP contribution in [0.2, 0.25) is 5.02 Å². The number of imide groups is 1. The number of pyridine rings is 1. The van der Waals surface area contributed by atoms with E-state index in [1.807, 2.05) is 6.92 Å². The zero-order valence-electron chi connectivity index (χ0n) is 19.1. The van der Waals surface area contributed by atoms with Crippen LogP contribution in [0.1, 0.15) is 23.7 Å². The van der Waals surface area contributed by atoms with Crippen LogP contribution in [0.5, 0.6) is 5.75 Å². The molecule has 8 nitrogen and oxygen atoms in total. The number of carbonyl (C=O) groups excluding carboxylic acids is 3. The van der Waals surface area contributed by atoms with Crippen molar-refractivity contribution in [1.29, 1.82) is 0 Å². The van der Waals surface area contributed by atoms with Gasteiger partial charge >= 0.3 is 12.4 Å². The molecular formula is C25H18ClF3N4O4. The lowest BCUT2D eigenvalue weighted by atomic mass is 10.1. The lowest BCUT2D eigenvalue weighted by Gasteiger charge is -2.24. The molecule has 2 unspecified atom stereocenters. The Kier molecular flexibility index (Phi) is 5.82. The molecule has 1 N–H and O–H groups in total. The van der Waals surface area contributed by atoms with Crippen LogP contribution in [-0.4, -0.2) is 34.7 Å². The number of amides is 4. The van der Waals surface area contributed by atoms with Crippen LogP contribution in [0.3, 0.4) is 0 Å². The normalized spacial score (nSPS) is 20.9. The van der Waals surface area contributed by atoms with E-state index in [2.05, 4.69) is 15.0 Å². The van der Waals surface area contributed by atoms with Crippen molar-refractivity contribution in [2.45, 2.75) is 25.2 Å². The molecule has 190 valence electrons. The second kappa shape index (κ2) is 8.77. The topological polar surface area (TPSA) is 91.8 Å². The zero-order chi connectivity index (χ0) is 26.5. The molecular weight excluding hydrogens is 513 g/mol. The summed E-state index contributed by atoms with van der Waals surface area (Å²) >= 11 is 5.89. The molecule has 1 aliphatic heterocycles. The first-order valence-corrected chi connectivity index (χ1v) is 11.4. The zero-order valence-corrected chi connectivity index (χ0v) is 19.9. The van der Waals surface area contributed by atoms with Gasteiger partial charge in [-0.25, -0.2) is 9.69 Å². The Morgan fingerprint density at radius 1 is 1.11 bits per heavy atom. The summed E-state index contributed by atoms with van der Waals surface area (Å²) in [5, 5.41) is 3.19. The molecule has 1 aromatic heterocycles. The fourth-order valence-electron chi connectivity index (χ4n) is 4.48. The molecule has 1 saturated carbocycles. The lowest BCUT2D eigenvalue weighted by molar-refractivity contribution is -0.274. The maximum atomic E-state index is 13.6. The molecule has 2 aliphatic rings. The summed E-state index contributed by atoms with van der Waals surface area (Å²) in [6, 6.07) is 11.5. The predicted molar refractivity (Wildman–Crippen MR) is 129 cm³/mol. The van der Waals surface area contributed by atoms with Gasteiger partial charge in [-0.15, -0.1) is 13.2 Å². The number of rotatable bonds is 5. The van der Waals surface area contributed by atoms with Crippen molar-refractivity contribution < 1.29 is 32.3 Å². The van der Waals surface area contributed by atoms with Crippen LogP contribution in [0.25, 0.3) is 0 Å². The van der Waals surface area contributed by atoms with E-state index in [1.54, 1.807) is 12.1 Å². The number of ether oxygens (including phenoxy) is 1. The van der Waals surface area contributed by atoms with Crippen LogP contribution < -0.4 is 19.9 Å². The van der Waals surface area contributed by atoms with Gasteiger partial charge < -0.3 is 10.1 Å². The molecule has 2 aromatic carbocycles. The molecule has 2 heterocycles. The third-order valence-electron chi connectivity index (χ3n) is 6.35. The summed E-state index contributed by atoms with van der Waals surface area (Å²) in [7, 11) is 0. The van der Waals surface area contributed by atoms with Gasteiger partial charge in [-0.3, -0.25) is 19.5 Å². The molecule has 2 fully saturated rings. The van der Waals surface area contributed by atoms with Gasteiger partial charge in [-0.1, -0.05) is 18.5 Å². The SMILES string of the molecule is CC1CC12C(=O)N(c1ccc(OC(F)(F)F)cc1)C(=O)N2c1ccncc1NC(=O)c1ccc(Cl)cc1. The number of hydrogen-bond donors (Lipinski definition) is 1. The Hall–Kier alpha value is -4.12. The maximum Gasteiger partial charge on any atom is 0.573 e. The van der Waals surface area contributed by atoms with Crippen molar-refractivity contribution in [1.82, 2.24) is 4.98 Å². The van der Waals surface area contributed by atoms with Crippen LogP contribution in [0.4, 0.5) is 35.0 Å². The van der Waals surface area contributed by atoms with Gasteiger partial charge in [0.2, 0.25) is 0 Å². The van der Waals surface area contributed by atoms with Gasteiger partial charge in [0.25, 0.3) is 11.8 Å². The number of nitrogens with zero attached hydrogens (tertiary/aromatic N) is 3. The number of anilines is 3. The number of carbonyl (C=O) groups is 3. The fraction of sp³-hybridized carbons (Fsp3) is 0.200. The molecule has 0 bridgehead atoms. The third kappa shape index (κ3) is 4.35. The summed E-state index contributed by atoms with van der Waals surface area (Å²) in [5.74, 6) is -1.67. The quantitative estimate of drug-likeness (QED) is 0.431. The van der Waals surface area contributed by atoms with E-state index in [0.717, 1.165) is 17.0 Å². The number of nitrogens with one attached hydrogen (secondary N) is 1. The minimum Gasteiger partial charge on any atom is -0.406 e. The number of hydrogen-bond acceptors (Lipinski definition) is 5. The van der Waals surface area contributed by atoms with Crippen LogP contribution >= 0.6 is 11.6 Å². The highest BCUT2D eigenvalue weighted by atomic mass is 35.5. The first-order chi connectivity index (χ1) is 17.5. The molecule has 37 heavy (non-hydrogen) atoms. The monoisotopic (exact) mass is 530 g/mol. The third-order valence-corrected chi connectivity index (χ3v) is 6.60. The minimum absolute atomic E-state index is 0.0892. The van der Waals surface area contributed by atoms with Gasteiger partial charge in [0.1, 0.15) is 11.3 Å². The highest BCUT2D eigenvalue weighted by Gasteiger charge is 2.70. The van der Waals surface area contributed by atoms with E-state index in [9.17, 15) is 27.6 Å². The number of halogens is 4. The van der Waals surface area contributed by atoms with Crippen molar-refractivity contribution in [2.75, 3.05) is 15.1 Å². The van der Waals surface area contributed by atoms with Crippen molar-refractivity contribution >= 4 is 46.5 Å². The molecule has 0 radical (unpaired) electrons. The van der Waals surface area contributed by atoms with Crippen LogP contribution in [0, 0.1) is 5.92 Å². The first-order valence-electron chi connectivity index (χ1n) is 11.1. The number of urea groups is 1. The molecule has 12 heteroatoms. The molecule has 1 aliphatic carbocycles. The average Bonchev–Trinajstić information content (AvgIpc) is 3.46. The Morgan fingerprint density at radius 2 is 1.76 bits per heavy atom. The van der Waals surface area contributed by atoms with Crippen molar-refractivity contribution in [3.63, 3.8) is 0 Å². The Bertz CT molecular complexity index is 1400. The van der Waals surface area contributed by atoms with E-state index in [-0.39, 0.29) is 23.0 Å². The van der Waals surface area contributed by atoms with E-state index in [4.69, 9.17) is 11.6 Å². The highest BCUT2D eigenvalue weighted by Crippen LogP contribution is 2.56. The minimum atomic E-state index is -4.88. The second-order valence-electron chi connectivity index (χ2n) is 8.68. The predicted octanol–water partition coefficient (Wildman–Crippen LogP) is 5.64. The average molecular weight is 531 g/mol. The Morgan fingerprint density at radius 3 is 2.35 bits per heavy atom. The molecule has 2 atom stereocenters. The van der Waals surface area contributed by atoms with Gasteiger partial charge in [0.05, 0.1) is 23.3 Å². The fourth-order valence-corrected chi connectivity index (χ4v) is 4.61. The van der Waals surface area contributed by atoms with Gasteiger partial charge in [-0.05, 0) is 66.9 Å². The van der Waals surface area contributed by atoms with Crippen LogP contribution in [-0.2, 0) is 4.79 Å². The molecule has 4 amide bonds. The summed E-state index contributed by atoms with van der Waals surface area (Å²) < 4.78 is 41.5. The van der Waals surface area contributed by atoms with Gasteiger partial charge in [-0.2, -0.15) is 0 Å². The second-order valence-corrected chi connectivity index (χ2v) is 9.12. The molecule has 1 spiro atoms. The van der Waals surface area contributed by atoms with Gasteiger partial charge in [0.15, 0.2) is 0 Å². The number of aromatic nitrogens is 1. The van der Waals surface area contributed by atoms with Crippen molar-refractivity contribution in [3.05, 3.63) is 77.6 Å². The van der Waals surface area contributed by atoms with E-state index >= 15 is 0 Å².